The maximum atomic E-state index is 11.8. The van der Waals surface area contributed by atoms with Crippen molar-refractivity contribution < 1.29 is 0 Å². The van der Waals surface area contributed by atoms with Crippen molar-refractivity contribution in [1.82, 2.24) is 4.57 Å². The van der Waals surface area contributed by atoms with Gasteiger partial charge in [-0.15, -0.1) is 0 Å². The predicted octanol–water partition coefficient (Wildman–Crippen LogP) is 1.72. The maximum Gasteiger partial charge on any atom is 0.268 e. The van der Waals surface area contributed by atoms with Crippen molar-refractivity contribution in [3.05, 3.63) is 33.7 Å². The van der Waals surface area contributed by atoms with E-state index in [-0.39, 0.29) is 11.1 Å². The van der Waals surface area contributed by atoms with E-state index < -0.39 is 0 Å². The lowest BCUT2D eigenvalue weighted by Gasteiger charge is -2.08. The molecule has 0 N–H and O–H groups in total. The zero-order chi connectivity index (χ0) is 12.0. The van der Waals surface area contributed by atoms with E-state index in [4.69, 9.17) is 10.5 Å². The van der Waals surface area contributed by atoms with Crippen LogP contribution < -0.4 is 5.56 Å². The maximum absolute atomic E-state index is 11.8. The summed E-state index contributed by atoms with van der Waals surface area (Å²) in [6.45, 7) is 2.41. The summed E-state index contributed by atoms with van der Waals surface area (Å²) in [5, 5.41) is 17.1. The van der Waals surface area contributed by atoms with Gasteiger partial charge in [0, 0.05) is 18.7 Å². The van der Waals surface area contributed by atoms with E-state index in [1.807, 2.05) is 13.0 Å². The third-order valence-electron chi connectivity index (χ3n) is 2.43. The fraction of sp³-hybridized carbons (Fsp3) is 0.417. The first kappa shape index (κ1) is 12.0. The molecule has 1 heterocycles. The highest BCUT2D eigenvalue weighted by Gasteiger charge is 2.04. The van der Waals surface area contributed by atoms with Crippen LogP contribution in [0.1, 0.15) is 30.5 Å². The van der Waals surface area contributed by atoms with Gasteiger partial charge in [-0.2, -0.15) is 10.5 Å². The first-order valence-electron chi connectivity index (χ1n) is 5.18. The highest BCUT2D eigenvalue weighted by Crippen LogP contribution is 2.02. The zero-order valence-corrected chi connectivity index (χ0v) is 9.23. The number of nitrogens with zero attached hydrogens (tertiary/aromatic N) is 3. The number of hydrogen-bond donors (Lipinski definition) is 0. The van der Waals surface area contributed by atoms with E-state index in [0.29, 0.717) is 13.0 Å². The van der Waals surface area contributed by atoms with Gasteiger partial charge in [0.2, 0.25) is 0 Å². The highest BCUT2D eigenvalue weighted by molar-refractivity contribution is 5.27. The largest absolute Gasteiger partial charge is 0.312 e. The molecule has 16 heavy (non-hydrogen) atoms. The molecular formula is C12H13N3O. The molecule has 82 valence electrons. The summed E-state index contributed by atoms with van der Waals surface area (Å²) in [7, 11) is 0. The lowest BCUT2D eigenvalue weighted by atomic mass is 10.2. The zero-order valence-electron chi connectivity index (χ0n) is 9.23. The fourth-order valence-electron chi connectivity index (χ4n) is 1.51. The molecule has 0 unspecified atom stereocenters. The van der Waals surface area contributed by atoms with Gasteiger partial charge in [0.1, 0.15) is 11.6 Å². The van der Waals surface area contributed by atoms with Crippen LogP contribution in [0.15, 0.2) is 16.9 Å². The Bertz CT molecular complexity index is 502. The Hall–Kier alpha value is -2.07. The number of pyridine rings is 1. The van der Waals surface area contributed by atoms with E-state index in [1.54, 1.807) is 16.7 Å². The van der Waals surface area contributed by atoms with Crippen LogP contribution in [0.3, 0.4) is 0 Å². The summed E-state index contributed by atoms with van der Waals surface area (Å²) in [4.78, 5) is 11.8. The number of unbranched alkanes of at least 4 members (excludes halogenated alkanes) is 2. The summed E-state index contributed by atoms with van der Waals surface area (Å²) in [6.07, 6.45) is 2.06. The normalized spacial score (nSPS) is 9.44. The van der Waals surface area contributed by atoms with Crippen molar-refractivity contribution in [2.24, 2.45) is 0 Å². The molecule has 4 heteroatoms. The van der Waals surface area contributed by atoms with Crippen LogP contribution in [-0.4, -0.2) is 4.57 Å². The van der Waals surface area contributed by atoms with Crippen LogP contribution in [-0.2, 0) is 6.54 Å². The Morgan fingerprint density at radius 1 is 1.31 bits per heavy atom. The van der Waals surface area contributed by atoms with Gasteiger partial charge in [-0.25, -0.2) is 0 Å². The molecule has 0 saturated heterocycles. The quantitative estimate of drug-likeness (QED) is 0.718. The Balaban J connectivity index is 2.84. The summed E-state index contributed by atoms with van der Waals surface area (Å²) in [5.41, 5.74) is 0.784. The molecule has 0 aliphatic carbocycles. The average Bonchev–Trinajstić information content (AvgIpc) is 2.28. The predicted molar refractivity (Wildman–Crippen MR) is 59.6 cm³/mol. The van der Waals surface area contributed by atoms with E-state index >= 15 is 0 Å². The van der Waals surface area contributed by atoms with Gasteiger partial charge in [-0.1, -0.05) is 0 Å². The number of rotatable bonds is 4. The van der Waals surface area contributed by atoms with Crippen molar-refractivity contribution >= 4 is 0 Å². The summed E-state index contributed by atoms with van der Waals surface area (Å²) in [6, 6.07) is 7.26. The van der Waals surface area contributed by atoms with E-state index in [2.05, 4.69) is 6.07 Å². The summed E-state index contributed by atoms with van der Waals surface area (Å²) < 4.78 is 1.59. The minimum Gasteiger partial charge on any atom is -0.312 e. The molecule has 0 radical (unpaired) electrons. The van der Waals surface area contributed by atoms with Crippen LogP contribution in [0.25, 0.3) is 0 Å². The average molecular weight is 215 g/mol. The Labute approximate surface area is 94.4 Å². The third kappa shape index (κ3) is 2.71. The highest BCUT2D eigenvalue weighted by atomic mass is 16.1. The minimum absolute atomic E-state index is 0.172. The second-order valence-corrected chi connectivity index (χ2v) is 3.57. The second kappa shape index (κ2) is 5.72. The summed E-state index contributed by atoms with van der Waals surface area (Å²) in [5.74, 6) is 0. The van der Waals surface area contributed by atoms with Gasteiger partial charge in [-0.05, 0) is 31.9 Å². The van der Waals surface area contributed by atoms with Gasteiger partial charge >= 0.3 is 0 Å². The number of nitriles is 2. The standard InChI is InChI=1S/C12H13N3O/c1-10-5-6-11(9-14)12(16)15(10)8-4-2-3-7-13/h5-6H,2-4,8H2,1H3. The van der Waals surface area contributed by atoms with Crippen molar-refractivity contribution in [2.75, 3.05) is 0 Å². The van der Waals surface area contributed by atoms with Crippen LogP contribution in [0.5, 0.6) is 0 Å². The van der Waals surface area contributed by atoms with Crippen molar-refractivity contribution in [3.63, 3.8) is 0 Å². The van der Waals surface area contributed by atoms with Crippen LogP contribution in [0.2, 0.25) is 0 Å². The molecule has 1 aromatic heterocycles. The molecule has 0 aromatic carbocycles. The lowest BCUT2D eigenvalue weighted by molar-refractivity contribution is 0.586. The SMILES string of the molecule is Cc1ccc(C#N)c(=O)n1CCCCC#N. The van der Waals surface area contributed by atoms with E-state index in [9.17, 15) is 4.79 Å². The molecule has 0 bridgehead atoms. The molecule has 0 aliphatic heterocycles. The Kier molecular flexibility index (Phi) is 4.29. The fourth-order valence-corrected chi connectivity index (χ4v) is 1.51. The number of aryl methyl sites for hydroxylation is 1. The lowest BCUT2D eigenvalue weighted by Crippen LogP contribution is -2.24. The molecule has 0 atom stereocenters. The van der Waals surface area contributed by atoms with Crippen LogP contribution in [0.4, 0.5) is 0 Å². The van der Waals surface area contributed by atoms with Crippen molar-refractivity contribution in [1.29, 1.82) is 10.5 Å². The second-order valence-electron chi connectivity index (χ2n) is 3.57. The monoisotopic (exact) mass is 215 g/mol. The minimum atomic E-state index is -0.237. The first-order valence-corrected chi connectivity index (χ1v) is 5.18. The molecular weight excluding hydrogens is 202 g/mol. The van der Waals surface area contributed by atoms with Gasteiger partial charge in [0.25, 0.3) is 5.56 Å². The topological polar surface area (TPSA) is 69.6 Å². The molecule has 0 amide bonds. The van der Waals surface area contributed by atoms with Crippen LogP contribution >= 0.6 is 0 Å². The number of aromatic nitrogens is 1. The van der Waals surface area contributed by atoms with Crippen LogP contribution in [0, 0.1) is 29.6 Å². The van der Waals surface area contributed by atoms with Gasteiger partial charge in [0.05, 0.1) is 6.07 Å². The molecule has 0 aliphatic rings. The third-order valence-corrected chi connectivity index (χ3v) is 2.43. The molecule has 1 aromatic rings. The molecule has 1 rings (SSSR count). The Morgan fingerprint density at radius 3 is 2.69 bits per heavy atom. The molecule has 0 spiro atoms. The molecule has 4 nitrogen and oxygen atoms in total. The van der Waals surface area contributed by atoms with Crippen molar-refractivity contribution in [3.8, 4) is 12.1 Å². The van der Waals surface area contributed by atoms with Gasteiger partial charge < -0.3 is 4.57 Å². The van der Waals surface area contributed by atoms with Gasteiger partial charge in [0.15, 0.2) is 0 Å². The first-order chi connectivity index (χ1) is 7.70. The summed E-state index contributed by atoms with van der Waals surface area (Å²) >= 11 is 0. The Morgan fingerprint density at radius 2 is 2.06 bits per heavy atom. The van der Waals surface area contributed by atoms with E-state index in [1.165, 1.54) is 0 Å². The van der Waals surface area contributed by atoms with Gasteiger partial charge in [-0.3, -0.25) is 4.79 Å². The van der Waals surface area contributed by atoms with E-state index in [0.717, 1.165) is 18.5 Å². The number of hydrogen-bond acceptors (Lipinski definition) is 3. The van der Waals surface area contributed by atoms with Crippen molar-refractivity contribution in [2.45, 2.75) is 32.7 Å². The molecule has 0 fully saturated rings. The molecule has 0 saturated carbocycles. The smallest absolute Gasteiger partial charge is 0.268 e.